The van der Waals surface area contributed by atoms with Crippen molar-refractivity contribution in [2.24, 2.45) is 0 Å². The maximum atomic E-state index is 13.0. The molecule has 0 heterocycles. The van der Waals surface area contributed by atoms with Crippen LogP contribution in [0.4, 0.5) is 0 Å². The highest BCUT2D eigenvalue weighted by Gasteiger charge is 2.28. The maximum Gasteiger partial charge on any atom is 0.261 e. The predicted octanol–water partition coefficient (Wildman–Crippen LogP) is 3.89. The van der Waals surface area contributed by atoms with Crippen LogP contribution in [-0.4, -0.2) is 36.4 Å². The van der Waals surface area contributed by atoms with E-state index in [1.807, 2.05) is 51.1 Å². The summed E-state index contributed by atoms with van der Waals surface area (Å²) in [5.41, 5.74) is 3.15. The first-order valence-electron chi connectivity index (χ1n) is 9.31. The second-order valence-corrected chi connectivity index (χ2v) is 7.16. The number of carbonyl (C=O) groups excluding carboxylic acids is 2. The summed E-state index contributed by atoms with van der Waals surface area (Å²) in [7, 11) is 1.57. The Kier molecular flexibility index (Phi) is 7.88. The van der Waals surface area contributed by atoms with Crippen LogP contribution in [0.1, 0.15) is 30.0 Å². The van der Waals surface area contributed by atoms with Crippen molar-refractivity contribution in [2.75, 3.05) is 13.7 Å². The van der Waals surface area contributed by atoms with Gasteiger partial charge in [-0.3, -0.25) is 9.59 Å². The average molecular weight is 403 g/mol. The van der Waals surface area contributed by atoms with E-state index >= 15 is 0 Å². The maximum absolute atomic E-state index is 13.0. The number of benzene rings is 2. The molecule has 2 aromatic rings. The molecule has 0 aromatic heterocycles. The van der Waals surface area contributed by atoms with Gasteiger partial charge < -0.3 is 15.0 Å². The van der Waals surface area contributed by atoms with Crippen molar-refractivity contribution in [3.8, 4) is 5.75 Å². The first-order valence-corrected chi connectivity index (χ1v) is 9.69. The Bertz CT molecular complexity index is 821. The zero-order valence-corrected chi connectivity index (χ0v) is 17.5. The van der Waals surface area contributed by atoms with E-state index in [4.69, 9.17) is 16.3 Å². The van der Waals surface area contributed by atoms with Gasteiger partial charge in [-0.2, -0.15) is 0 Å². The molecule has 0 aliphatic carbocycles. The van der Waals surface area contributed by atoms with E-state index in [-0.39, 0.29) is 18.4 Å². The van der Waals surface area contributed by atoms with E-state index in [0.29, 0.717) is 23.7 Å². The van der Waals surface area contributed by atoms with Crippen molar-refractivity contribution in [1.29, 1.82) is 0 Å². The van der Waals surface area contributed by atoms with Gasteiger partial charge in [-0.05, 0) is 61.2 Å². The van der Waals surface area contributed by atoms with Gasteiger partial charge in [0.05, 0.1) is 0 Å². The highest BCUT2D eigenvalue weighted by Crippen LogP contribution is 2.18. The monoisotopic (exact) mass is 402 g/mol. The van der Waals surface area contributed by atoms with Gasteiger partial charge in [0, 0.05) is 18.6 Å². The molecule has 0 saturated carbocycles. The van der Waals surface area contributed by atoms with Gasteiger partial charge in [0.2, 0.25) is 5.91 Å². The fourth-order valence-corrected chi connectivity index (χ4v) is 3.03. The second-order valence-electron chi connectivity index (χ2n) is 6.72. The molecule has 0 radical (unpaired) electrons. The third kappa shape index (κ3) is 5.73. The molecule has 6 heteroatoms. The summed E-state index contributed by atoms with van der Waals surface area (Å²) in [6.45, 7) is 6.07. The molecular formula is C22H27ClN2O3. The highest BCUT2D eigenvalue weighted by molar-refractivity contribution is 6.30. The van der Waals surface area contributed by atoms with Crippen LogP contribution in [0.15, 0.2) is 42.5 Å². The van der Waals surface area contributed by atoms with Crippen molar-refractivity contribution in [2.45, 2.75) is 39.8 Å². The van der Waals surface area contributed by atoms with Gasteiger partial charge in [0.1, 0.15) is 11.8 Å². The largest absolute Gasteiger partial charge is 0.484 e. The fraction of sp³-hybridized carbons (Fsp3) is 0.364. The van der Waals surface area contributed by atoms with Gasteiger partial charge in [-0.15, -0.1) is 0 Å². The Morgan fingerprint density at radius 3 is 2.36 bits per heavy atom. The van der Waals surface area contributed by atoms with Crippen LogP contribution in [0.3, 0.4) is 0 Å². The predicted molar refractivity (Wildman–Crippen MR) is 112 cm³/mol. The summed E-state index contributed by atoms with van der Waals surface area (Å²) in [5.74, 6) is 0.190. The standard InChI is InChI=1S/C22H27ClN2O3/c1-5-20(22(27)24-4)25(13-17-7-9-18(23)10-8-17)21(26)14-28-19-11-6-15(2)16(3)12-19/h6-12,20H,5,13-14H2,1-4H3,(H,24,27)/t20-/m1/s1. The minimum atomic E-state index is -0.573. The molecule has 2 rings (SSSR count). The molecule has 1 atom stereocenters. The number of halogens is 1. The summed E-state index contributed by atoms with van der Waals surface area (Å²) in [4.78, 5) is 26.8. The number of rotatable bonds is 8. The van der Waals surface area contributed by atoms with Crippen molar-refractivity contribution in [3.63, 3.8) is 0 Å². The van der Waals surface area contributed by atoms with E-state index in [0.717, 1.165) is 16.7 Å². The van der Waals surface area contributed by atoms with Crippen molar-refractivity contribution in [1.82, 2.24) is 10.2 Å². The number of nitrogens with one attached hydrogen (secondary N) is 1. The van der Waals surface area contributed by atoms with E-state index in [9.17, 15) is 9.59 Å². The van der Waals surface area contributed by atoms with Crippen molar-refractivity contribution < 1.29 is 14.3 Å². The molecule has 28 heavy (non-hydrogen) atoms. The number of nitrogens with zero attached hydrogens (tertiary/aromatic N) is 1. The van der Waals surface area contributed by atoms with Crippen LogP contribution in [0.25, 0.3) is 0 Å². The molecule has 0 aliphatic rings. The number of ether oxygens (including phenoxy) is 1. The molecule has 0 unspecified atom stereocenters. The highest BCUT2D eigenvalue weighted by atomic mass is 35.5. The Morgan fingerprint density at radius 2 is 1.79 bits per heavy atom. The third-order valence-electron chi connectivity index (χ3n) is 4.74. The van der Waals surface area contributed by atoms with Gasteiger partial charge in [0.15, 0.2) is 6.61 Å². The zero-order valence-electron chi connectivity index (χ0n) is 16.8. The summed E-state index contributed by atoms with van der Waals surface area (Å²) in [6.07, 6.45) is 0.503. The van der Waals surface area contributed by atoms with Gasteiger partial charge in [-0.25, -0.2) is 0 Å². The van der Waals surface area contributed by atoms with Gasteiger partial charge >= 0.3 is 0 Å². The number of carbonyl (C=O) groups is 2. The van der Waals surface area contributed by atoms with Crippen LogP contribution in [0.5, 0.6) is 5.75 Å². The van der Waals surface area contributed by atoms with Crippen molar-refractivity contribution >= 4 is 23.4 Å². The molecule has 0 saturated heterocycles. The lowest BCUT2D eigenvalue weighted by atomic mass is 10.1. The van der Waals surface area contributed by atoms with Gasteiger partial charge in [-0.1, -0.05) is 36.7 Å². The lowest BCUT2D eigenvalue weighted by Crippen LogP contribution is -2.49. The molecule has 1 N–H and O–H groups in total. The zero-order chi connectivity index (χ0) is 20.7. The van der Waals surface area contributed by atoms with E-state index < -0.39 is 6.04 Å². The first kappa shape index (κ1) is 21.8. The SMILES string of the molecule is CC[C@H](C(=O)NC)N(Cc1ccc(Cl)cc1)C(=O)COc1ccc(C)c(C)c1. The lowest BCUT2D eigenvalue weighted by Gasteiger charge is -2.30. The Morgan fingerprint density at radius 1 is 1.11 bits per heavy atom. The Balaban J connectivity index is 2.18. The first-order chi connectivity index (χ1) is 13.3. The minimum absolute atomic E-state index is 0.135. The topological polar surface area (TPSA) is 58.6 Å². The van der Waals surface area contributed by atoms with Gasteiger partial charge in [0.25, 0.3) is 5.91 Å². The normalized spacial score (nSPS) is 11.6. The number of likely N-dealkylation sites (N-methyl/N-ethyl adjacent to an activating group) is 1. The fourth-order valence-electron chi connectivity index (χ4n) is 2.90. The van der Waals surface area contributed by atoms with Crippen molar-refractivity contribution in [3.05, 3.63) is 64.2 Å². The second kappa shape index (κ2) is 10.1. The summed E-state index contributed by atoms with van der Waals surface area (Å²) < 4.78 is 5.71. The quantitative estimate of drug-likeness (QED) is 0.728. The molecule has 5 nitrogen and oxygen atoms in total. The molecule has 2 aromatic carbocycles. The summed E-state index contributed by atoms with van der Waals surface area (Å²) >= 11 is 5.95. The molecular weight excluding hydrogens is 376 g/mol. The third-order valence-corrected chi connectivity index (χ3v) is 4.99. The minimum Gasteiger partial charge on any atom is -0.484 e. The van der Waals surface area contributed by atoms with Crippen LogP contribution >= 0.6 is 11.6 Å². The van der Waals surface area contributed by atoms with E-state index in [1.165, 1.54) is 0 Å². The van der Waals surface area contributed by atoms with E-state index in [1.54, 1.807) is 24.1 Å². The number of hydrogen-bond acceptors (Lipinski definition) is 3. The lowest BCUT2D eigenvalue weighted by molar-refractivity contribution is -0.142. The van der Waals surface area contributed by atoms with Crippen LogP contribution < -0.4 is 10.1 Å². The number of amides is 2. The summed E-state index contributed by atoms with van der Waals surface area (Å²) in [5, 5.41) is 3.26. The molecule has 0 spiro atoms. The molecule has 2 amide bonds. The molecule has 0 aliphatic heterocycles. The average Bonchev–Trinajstić information content (AvgIpc) is 2.69. The number of aryl methyl sites for hydroxylation is 2. The Hall–Kier alpha value is -2.53. The van der Waals surface area contributed by atoms with E-state index in [2.05, 4.69) is 5.32 Å². The molecule has 0 bridgehead atoms. The van der Waals surface area contributed by atoms with Crippen LogP contribution in [0, 0.1) is 13.8 Å². The smallest absolute Gasteiger partial charge is 0.261 e. The summed E-state index contributed by atoms with van der Waals surface area (Å²) in [6, 6.07) is 12.4. The van der Waals surface area contributed by atoms with Crippen LogP contribution in [0.2, 0.25) is 5.02 Å². The number of hydrogen-bond donors (Lipinski definition) is 1. The molecule has 150 valence electrons. The molecule has 0 fully saturated rings. The van der Waals surface area contributed by atoms with Crippen LogP contribution in [-0.2, 0) is 16.1 Å². The Labute approximate surface area is 171 Å².